The summed E-state index contributed by atoms with van der Waals surface area (Å²) >= 11 is 0. The molecule has 0 aliphatic heterocycles. The van der Waals surface area contributed by atoms with Crippen LogP contribution in [-0.2, 0) is 19.0 Å². The summed E-state index contributed by atoms with van der Waals surface area (Å²) in [5, 5.41) is 9.45. The van der Waals surface area contributed by atoms with Crippen molar-refractivity contribution in [3.05, 3.63) is 0 Å². The first-order chi connectivity index (χ1) is 16.2. The van der Waals surface area contributed by atoms with Crippen LogP contribution in [0.5, 0.6) is 0 Å². The lowest BCUT2D eigenvalue weighted by atomic mass is 10.0. The van der Waals surface area contributed by atoms with Crippen LogP contribution in [0.3, 0.4) is 0 Å². The second-order valence-electron chi connectivity index (χ2n) is 9.32. The maximum atomic E-state index is 11.3. The predicted octanol–water partition coefficient (Wildman–Crippen LogP) is 7.38. The van der Waals surface area contributed by atoms with Gasteiger partial charge in [-0.3, -0.25) is 4.79 Å². The smallest absolute Gasteiger partial charge is 0.305 e. The van der Waals surface area contributed by atoms with Crippen molar-refractivity contribution in [3.63, 3.8) is 0 Å². The van der Waals surface area contributed by atoms with Crippen LogP contribution in [0.15, 0.2) is 0 Å². The van der Waals surface area contributed by atoms with Gasteiger partial charge < -0.3 is 19.3 Å². The van der Waals surface area contributed by atoms with E-state index in [4.69, 9.17) is 14.2 Å². The molecule has 0 saturated carbocycles. The van der Waals surface area contributed by atoms with Crippen LogP contribution in [0.2, 0.25) is 0 Å². The maximum absolute atomic E-state index is 11.3. The third-order valence-electron chi connectivity index (χ3n) is 6.08. The van der Waals surface area contributed by atoms with Crippen molar-refractivity contribution in [3.8, 4) is 0 Å². The molecule has 0 amide bonds. The summed E-state index contributed by atoms with van der Waals surface area (Å²) < 4.78 is 16.3. The number of esters is 1. The fourth-order valence-corrected chi connectivity index (χ4v) is 3.98. The lowest BCUT2D eigenvalue weighted by molar-refractivity contribution is -0.143. The van der Waals surface area contributed by atoms with Crippen LogP contribution in [0.25, 0.3) is 0 Å². The molecule has 198 valence electrons. The van der Waals surface area contributed by atoms with Crippen molar-refractivity contribution in [2.45, 2.75) is 142 Å². The average Bonchev–Trinajstić information content (AvgIpc) is 2.82. The van der Waals surface area contributed by atoms with Gasteiger partial charge in [-0.15, -0.1) is 0 Å². The molecule has 0 heterocycles. The minimum atomic E-state index is -0.226. The third-order valence-corrected chi connectivity index (χ3v) is 6.08. The Morgan fingerprint density at radius 2 is 1.15 bits per heavy atom. The lowest BCUT2D eigenvalue weighted by Crippen LogP contribution is -2.24. The summed E-state index contributed by atoms with van der Waals surface area (Å²) in [4.78, 5) is 11.3. The van der Waals surface area contributed by atoms with E-state index in [1.807, 2.05) is 6.92 Å². The van der Waals surface area contributed by atoms with E-state index in [1.165, 1.54) is 83.5 Å². The van der Waals surface area contributed by atoms with Crippen LogP contribution >= 0.6 is 0 Å². The normalized spacial score (nSPS) is 12.2. The van der Waals surface area contributed by atoms with E-state index in [0.29, 0.717) is 26.2 Å². The Labute approximate surface area is 205 Å². The molecule has 0 aliphatic carbocycles. The van der Waals surface area contributed by atoms with Gasteiger partial charge in [-0.25, -0.2) is 0 Å². The monoisotopic (exact) mass is 472 g/mol. The predicted molar refractivity (Wildman–Crippen MR) is 138 cm³/mol. The molecule has 1 atom stereocenters. The number of ether oxygens (including phenoxy) is 3. The van der Waals surface area contributed by atoms with Crippen molar-refractivity contribution < 1.29 is 24.1 Å². The number of aliphatic hydroxyl groups is 1. The Hall–Kier alpha value is -0.650. The van der Waals surface area contributed by atoms with Gasteiger partial charge in [0.2, 0.25) is 0 Å². The lowest BCUT2D eigenvalue weighted by Gasteiger charge is -2.15. The van der Waals surface area contributed by atoms with Crippen LogP contribution in [0.4, 0.5) is 0 Å². The molecular weight excluding hydrogens is 416 g/mol. The molecule has 0 fully saturated rings. The Balaban J connectivity index is 3.30. The zero-order chi connectivity index (χ0) is 24.2. The second-order valence-corrected chi connectivity index (χ2v) is 9.32. The largest absolute Gasteiger partial charge is 0.466 e. The highest BCUT2D eigenvalue weighted by Gasteiger charge is 2.08. The first-order valence-electron chi connectivity index (χ1n) is 14.2. The summed E-state index contributed by atoms with van der Waals surface area (Å²) in [7, 11) is 0. The van der Waals surface area contributed by atoms with Crippen LogP contribution in [0, 0.1) is 0 Å². The van der Waals surface area contributed by atoms with E-state index in [-0.39, 0.29) is 18.7 Å². The van der Waals surface area contributed by atoms with Gasteiger partial charge in [-0.05, 0) is 26.2 Å². The second kappa shape index (κ2) is 27.6. The molecule has 1 unspecified atom stereocenters. The highest BCUT2D eigenvalue weighted by molar-refractivity contribution is 5.69. The molecule has 0 rings (SSSR count). The maximum Gasteiger partial charge on any atom is 0.305 e. The number of hydrogen-bond acceptors (Lipinski definition) is 5. The molecule has 0 aromatic carbocycles. The van der Waals surface area contributed by atoms with Gasteiger partial charge >= 0.3 is 5.97 Å². The van der Waals surface area contributed by atoms with Gasteiger partial charge in [-0.1, -0.05) is 103 Å². The van der Waals surface area contributed by atoms with Gasteiger partial charge in [0.15, 0.2) is 0 Å². The summed E-state index contributed by atoms with van der Waals surface area (Å²) in [6.07, 6.45) is 23.1. The molecule has 1 N–H and O–H groups in total. The summed E-state index contributed by atoms with van der Waals surface area (Å²) in [6.45, 7) is 6.42. The molecule has 0 aliphatic rings. The Morgan fingerprint density at radius 3 is 1.67 bits per heavy atom. The quantitative estimate of drug-likeness (QED) is 0.0998. The molecule has 0 bridgehead atoms. The minimum Gasteiger partial charge on any atom is -0.466 e. The Kier molecular flexibility index (Phi) is 27.0. The third kappa shape index (κ3) is 25.8. The SMILES string of the molecule is CCCCCCCCCCCCCCCCOCC(CO)OCCCCCCC(=O)OCC. The van der Waals surface area contributed by atoms with E-state index in [9.17, 15) is 9.90 Å². The highest BCUT2D eigenvalue weighted by atomic mass is 16.5. The van der Waals surface area contributed by atoms with Gasteiger partial charge in [-0.2, -0.15) is 0 Å². The van der Waals surface area contributed by atoms with Crippen LogP contribution in [0.1, 0.15) is 136 Å². The van der Waals surface area contributed by atoms with Crippen molar-refractivity contribution in [2.24, 2.45) is 0 Å². The topological polar surface area (TPSA) is 65.0 Å². The number of rotatable bonds is 27. The van der Waals surface area contributed by atoms with Gasteiger partial charge in [0.1, 0.15) is 6.10 Å². The number of carbonyl (C=O) groups is 1. The molecule has 5 heteroatoms. The average molecular weight is 473 g/mol. The van der Waals surface area contributed by atoms with E-state index >= 15 is 0 Å². The molecule has 5 nitrogen and oxygen atoms in total. The van der Waals surface area contributed by atoms with E-state index in [1.54, 1.807) is 0 Å². The number of hydrogen-bond donors (Lipinski definition) is 1. The Bertz CT molecular complexity index is 388. The minimum absolute atomic E-state index is 0.00159. The van der Waals surface area contributed by atoms with Crippen molar-refractivity contribution in [1.82, 2.24) is 0 Å². The summed E-state index contributed by atoms with van der Waals surface area (Å²) in [5.41, 5.74) is 0. The molecule has 0 saturated heterocycles. The zero-order valence-corrected chi connectivity index (χ0v) is 22.1. The number of aliphatic hydroxyl groups excluding tert-OH is 1. The van der Waals surface area contributed by atoms with E-state index in [2.05, 4.69) is 6.92 Å². The van der Waals surface area contributed by atoms with Gasteiger partial charge in [0.25, 0.3) is 0 Å². The fraction of sp³-hybridized carbons (Fsp3) is 0.964. The van der Waals surface area contributed by atoms with Gasteiger partial charge in [0.05, 0.1) is 19.8 Å². The Morgan fingerprint density at radius 1 is 0.667 bits per heavy atom. The highest BCUT2D eigenvalue weighted by Crippen LogP contribution is 2.13. The van der Waals surface area contributed by atoms with Crippen molar-refractivity contribution in [1.29, 1.82) is 0 Å². The first-order valence-corrected chi connectivity index (χ1v) is 14.2. The standard InChI is InChI=1S/C28H56O5/c1-3-5-6-7-8-9-10-11-12-13-14-15-17-20-23-31-26-27(25-29)33-24-21-18-16-19-22-28(30)32-4-2/h27,29H,3-26H2,1-2H3. The van der Waals surface area contributed by atoms with Crippen molar-refractivity contribution >= 4 is 5.97 Å². The number of carbonyl (C=O) groups excluding carboxylic acids is 1. The van der Waals surface area contributed by atoms with Gasteiger partial charge in [0, 0.05) is 19.6 Å². The molecule has 0 aromatic heterocycles. The van der Waals surface area contributed by atoms with E-state index in [0.717, 1.165) is 38.7 Å². The number of unbranched alkanes of at least 4 members (excludes halogenated alkanes) is 16. The molecular formula is C28H56O5. The summed E-state index contributed by atoms with van der Waals surface area (Å²) in [5.74, 6) is -0.106. The van der Waals surface area contributed by atoms with Crippen molar-refractivity contribution in [2.75, 3.05) is 33.0 Å². The molecule has 0 spiro atoms. The van der Waals surface area contributed by atoms with E-state index < -0.39 is 0 Å². The zero-order valence-electron chi connectivity index (χ0n) is 22.1. The van der Waals surface area contributed by atoms with Crippen LogP contribution in [-0.4, -0.2) is 50.2 Å². The fourth-order valence-electron chi connectivity index (χ4n) is 3.98. The molecule has 0 aromatic rings. The molecule has 0 radical (unpaired) electrons. The molecule has 33 heavy (non-hydrogen) atoms. The van der Waals surface area contributed by atoms with Crippen LogP contribution < -0.4 is 0 Å². The summed E-state index contributed by atoms with van der Waals surface area (Å²) in [6, 6.07) is 0. The first kappa shape index (κ1) is 32.4.